The molecule has 0 bridgehead atoms. The molecule has 0 fully saturated rings. The van der Waals surface area contributed by atoms with E-state index in [9.17, 15) is 19.2 Å². The number of carbonyl (C=O) groups excluding carboxylic acids is 3. The van der Waals surface area contributed by atoms with Crippen LogP contribution in [0.3, 0.4) is 0 Å². The fourth-order valence-corrected chi connectivity index (χ4v) is 4.91. The first-order chi connectivity index (χ1) is 21.4. The summed E-state index contributed by atoms with van der Waals surface area (Å²) in [5.74, 6) is -0.342. The van der Waals surface area contributed by atoms with Crippen LogP contribution in [-0.2, 0) is 33.9 Å². The number of unbranched alkanes of at least 4 members (excludes halogenated alkanes) is 1. The van der Waals surface area contributed by atoms with Crippen molar-refractivity contribution in [2.24, 2.45) is 0 Å². The van der Waals surface area contributed by atoms with Crippen molar-refractivity contribution in [2.75, 3.05) is 18.5 Å². The number of esters is 1. The Morgan fingerprint density at radius 1 is 1.02 bits per heavy atom. The molecule has 0 radical (unpaired) electrons. The third-order valence-corrected chi connectivity index (χ3v) is 7.07. The molecule has 0 spiro atoms. The molecule has 1 atom stereocenters. The minimum absolute atomic E-state index is 0.0143. The molecule has 4 rings (SSSR count). The Morgan fingerprint density at radius 2 is 1.76 bits per heavy atom. The van der Waals surface area contributed by atoms with Crippen molar-refractivity contribution >= 4 is 23.8 Å². The van der Waals surface area contributed by atoms with Gasteiger partial charge in [-0.3, -0.25) is 19.4 Å². The van der Waals surface area contributed by atoms with Gasteiger partial charge in [0.25, 0.3) is 0 Å². The number of hydrogen-bond acceptors (Lipinski definition) is 8. The molecule has 2 amide bonds. The van der Waals surface area contributed by atoms with Gasteiger partial charge in [0.2, 0.25) is 0 Å². The van der Waals surface area contributed by atoms with Crippen molar-refractivity contribution in [3.8, 4) is 11.4 Å². The highest BCUT2D eigenvalue weighted by molar-refractivity contribution is 5.91. The number of carbonyl (C=O) groups is 3. The molecule has 3 aromatic rings. The minimum atomic E-state index is -0.726. The van der Waals surface area contributed by atoms with Crippen molar-refractivity contribution in [3.63, 3.8) is 0 Å². The van der Waals surface area contributed by atoms with E-state index in [-0.39, 0.29) is 43.7 Å². The van der Waals surface area contributed by atoms with Crippen LogP contribution in [0.4, 0.5) is 15.3 Å². The molecule has 1 aliphatic rings. The monoisotopic (exact) mass is 622 g/mol. The molecule has 45 heavy (non-hydrogen) atoms. The van der Waals surface area contributed by atoms with Gasteiger partial charge in [-0.25, -0.2) is 19.2 Å². The summed E-state index contributed by atoms with van der Waals surface area (Å²) in [6.07, 6.45) is 0.440. The number of benzene rings is 2. The standard InChI is InChI=1S/C33H42N4O8/c1-7-9-17-43-27-16-15-24(18-25(27)34-30(39)44-21-23-13-11-10-12-14-23)37-28(29(38)42-8-2)26-20-35(32(41)45-33(4,5)6)22(3)19-36(26)31(37)40/h10-16,18,22H,7-9,17,19-21H2,1-6H3,(H,34,39). The summed E-state index contributed by atoms with van der Waals surface area (Å²) in [5, 5.41) is 2.73. The van der Waals surface area contributed by atoms with Gasteiger partial charge in [-0.2, -0.15) is 0 Å². The van der Waals surface area contributed by atoms with Crippen LogP contribution in [0.25, 0.3) is 5.69 Å². The first-order valence-electron chi connectivity index (χ1n) is 15.2. The lowest BCUT2D eigenvalue weighted by Crippen LogP contribution is -2.48. The van der Waals surface area contributed by atoms with Crippen LogP contribution in [0.2, 0.25) is 0 Å². The molecular weight excluding hydrogens is 580 g/mol. The number of amides is 2. The van der Waals surface area contributed by atoms with Crippen LogP contribution >= 0.6 is 0 Å². The Balaban J connectivity index is 1.74. The second-order valence-corrected chi connectivity index (χ2v) is 11.8. The smallest absolute Gasteiger partial charge is 0.412 e. The second kappa shape index (κ2) is 14.4. The van der Waals surface area contributed by atoms with E-state index in [1.807, 2.05) is 44.2 Å². The molecule has 12 nitrogen and oxygen atoms in total. The zero-order valence-corrected chi connectivity index (χ0v) is 26.8. The van der Waals surface area contributed by atoms with Crippen molar-refractivity contribution in [3.05, 3.63) is 76.0 Å². The highest BCUT2D eigenvalue weighted by Gasteiger charge is 2.37. The van der Waals surface area contributed by atoms with Gasteiger partial charge in [0.1, 0.15) is 18.0 Å². The number of fused-ring (bicyclic) bond motifs is 1. The van der Waals surface area contributed by atoms with Gasteiger partial charge in [0.15, 0.2) is 5.69 Å². The fraction of sp³-hybridized carbons (Fsp3) is 0.455. The maximum Gasteiger partial charge on any atom is 0.412 e. The number of imidazole rings is 1. The zero-order valence-electron chi connectivity index (χ0n) is 26.8. The van der Waals surface area contributed by atoms with Gasteiger partial charge in [0.05, 0.1) is 42.9 Å². The summed E-state index contributed by atoms with van der Waals surface area (Å²) >= 11 is 0. The first-order valence-corrected chi connectivity index (χ1v) is 15.2. The predicted molar refractivity (Wildman–Crippen MR) is 168 cm³/mol. The summed E-state index contributed by atoms with van der Waals surface area (Å²) in [5.41, 5.74) is 0.471. The number of hydrogen-bond donors (Lipinski definition) is 1. The van der Waals surface area contributed by atoms with Crippen LogP contribution < -0.4 is 15.7 Å². The Labute approximate surface area is 262 Å². The maximum absolute atomic E-state index is 13.9. The van der Waals surface area contributed by atoms with Crippen LogP contribution in [0, 0.1) is 0 Å². The van der Waals surface area contributed by atoms with E-state index in [1.165, 1.54) is 14.0 Å². The summed E-state index contributed by atoms with van der Waals surface area (Å²) in [7, 11) is 0. The van der Waals surface area contributed by atoms with E-state index < -0.39 is 29.4 Å². The maximum atomic E-state index is 13.9. The molecule has 0 saturated heterocycles. The zero-order chi connectivity index (χ0) is 32.7. The molecule has 1 N–H and O–H groups in total. The van der Waals surface area contributed by atoms with Crippen molar-refractivity contribution < 1.29 is 33.3 Å². The number of ether oxygens (including phenoxy) is 4. The van der Waals surface area contributed by atoms with Crippen LogP contribution in [0.1, 0.15) is 76.1 Å². The number of nitrogens with zero attached hydrogens (tertiary/aromatic N) is 3. The topological polar surface area (TPSA) is 130 Å². The number of rotatable bonds is 10. The van der Waals surface area contributed by atoms with Gasteiger partial charge in [-0.15, -0.1) is 0 Å². The average molecular weight is 623 g/mol. The van der Waals surface area contributed by atoms with Crippen molar-refractivity contribution in [1.82, 2.24) is 14.0 Å². The van der Waals surface area contributed by atoms with E-state index in [1.54, 1.807) is 45.9 Å². The van der Waals surface area contributed by atoms with E-state index in [4.69, 9.17) is 18.9 Å². The van der Waals surface area contributed by atoms with Gasteiger partial charge in [-0.05, 0) is 64.8 Å². The third kappa shape index (κ3) is 8.05. The molecule has 1 unspecified atom stereocenters. The lowest BCUT2D eigenvalue weighted by molar-refractivity contribution is 0.00924. The Bertz CT molecular complexity index is 1570. The van der Waals surface area contributed by atoms with E-state index in [2.05, 4.69) is 5.32 Å². The predicted octanol–water partition coefficient (Wildman–Crippen LogP) is 5.88. The van der Waals surface area contributed by atoms with Crippen molar-refractivity contribution in [1.29, 1.82) is 0 Å². The molecule has 12 heteroatoms. The van der Waals surface area contributed by atoms with Gasteiger partial charge < -0.3 is 18.9 Å². The normalized spacial score (nSPS) is 14.4. The molecular formula is C33H42N4O8. The summed E-state index contributed by atoms with van der Waals surface area (Å²) in [6.45, 7) is 11.5. The van der Waals surface area contributed by atoms with Crippen LogP contribution in [0.15, 0.2) is 53.3 Å². The molecule has 2 heterocycles. The number of nitrogens with one attached hydrogen (secondary N) is 1. The highest BCUT2D eigenvalue weighted by Crippen LogP contribution is 2.30. The Kier molecular flexibility index (Phi) is 10.6. The van der Waals surface area contributed by atoms with Crippen LogP contribution in [-0.4, -0.2) is 57.0 Å². The minimum Gasteiger partial charge on any atom is -0.491 e. The summed E-state index contributed by atoms with van der Waals surface area (Å²) < 4.78 is 25.1. The quantitative estimate of drug-likeness (QED) is 0.169. The molecule has 2 aromatic carbocycles. The summed E-state index contributed by atoms with van der Waals surface area (Å²) in [4.78, 5) is 54.7. The second-order valence-electron chi connectivity index (χ2n) is 11.8. The lowest BCUT2D eigenvalue weighted by Gasteiger charge is -2.35. The number of aromatic nitrogens is 2. The third-order valence-electron chi connectivity index (χ3n) is 7.07. The Morgan fingerprint density at radius 3 is 2.42 bits per heavy atom. The molecule has 0 saturated carbocycles. The summed E-state index contributed by atoms with van der Waals surface area (Å²) in [6, 6.07) is 13.7. The van der Waals surface area contributed by atoms with E-state index in [0.29, 0.717) is 23.7 Å². The lowest BCUT2D eigenvalue weighted by atomic mass is 10.1. The van der Waals surface area contributed by atoms with Crippen LogP contribution in [0.5, 0.6) is 5.75 Å². The van der Waals surface area contributed by atoms with E-state index in [0.717, 1.165) is 18.4 Å². The Hall–Kier alpha value is -4.74. The molecule has 1 aromatic heterocycles. The van der Waals surface area contributed by atoms with E-state index >= 15 is 0 Å². The SMILES string of the molecule is CCCCOc1ccc(-n2c(C(=O)OCC)c3n(c2=O)CC(C)N(C(=O)OC(C)(C)C)C3)cc1NC(=O)OCc1ccccc1. The largest absolute Gasteiger partial charge is 0.491 e. The molecule has 1 aliphatic heterocycles. The molecule has 242 valence electrons. The van der Waals surface area contributed by atoms with Gasteiger partial charge in [-0.1, -0.05) is 43.7 Å². The van der Waals surface area contributed by atoms with Gasteiger partial charge >= 0.3 is 23.8 Å². The highest BCUT2D eigenvalue weighted by atomic mass is 16.6. The van der Waals surface area contributed by atoms with Gasteiger partial charge in [0, 0.05) is 6.54 Å². The number of anilines is 1. The first kappa shape index (κ1) is 33.2. The fourth-order valence-electron chi connectivity index (χ4n) is 4.91. The van der Waals surface area contributed by atoms with Crippen molar-refractivity contribution in [2.45, 2.75) is 85.7 Å². The average Bonchev–Trinajstić information content (AvgIpc) is 3.27. The molecule has 0 aliphatic carbocycles.